The number of barbiturate groups is 1. The number of anilines is 1. The summed E-state index contributed by atoms with van der Waals surface area (Å²) in [6.07, 6.45) is 1.42. The molecule has 0 unspecified atom stereocenters. The molecule has 0 spiro atoms. The van der Waals surface area contributed by atoms with E-state index in [0.29, 0.717) is 5.56 Å². The van der Waals surface area contributed by atoms with Crippen molar-refractivity contribution in [3.8, 4) is 0 Å². The fourth-order valence-corrected chi connectivity index (χ4v) is 2.47. The number of hydrogen-bond donors (Lipinski definition) is 1. The number of imide groups is 2. The van der Waals surface area contributed by atoms with Crippen LogP contribution in [0.1, 0.15) is 15.9 Å². The van der Waals surface area contributed by atoms with E-state index in [1.165, 1.54) is 37.5 Å². The van der Waals surface area contributed by atoms with E-state index in [-0.39, 0.29) is 16.8 Å². The van der Waals surface area contributed by atoms with Gasteiger partial charge in [0.2, 0.25) is 0 Å². The lowest BCUT2D eigenvalue weighted by atomic mass is 10.1. The monoisotopic (exact) mass is 350 g/mol. The third kappa shape index (κ3) is 3.23. The molecule has 26 heavy (non-hydrogen) atoms. The van der Waals surface area contributed by atoms with E-state index in [4.69, 9.17) is 0 Å². The SMILES string of the molecule is COC(=O)c1ccc(N2C(=O)NC(=O)/C(=C\c3ccccc3)C2=O)cc1. The van der Waals surface area contributed by atoms with Gasteiger partial charge in [-0.1, -0.05) is 30.3 Å². The molecule has 0 aliphatic carbocycles. The maximum absolute atomic E-state index is 12.7. The average molecular weight is 350 g/mol. The number of esters is 1. The topological polar surface area (TPSA) is 92.8 Å². The predicted molar refractivity (Wildman–Crippen MR) is 93.2 cm³/mol. The van der Waals surface area contributed by atoms with Crippen molar-refractivity contribution >= 4 is 35.6 Å². The number of benzene rings is 2. The highest BCUT2D eigenvalue weighted by Gasteiger charge is 2.36. The maximum Gasteiger partial charge on any atom is 0.337 e. The van der Waals surface area contributed by atoms with Crippen molar-refractivity contribution in [1.82, 2.24) is 5.32 Å². The first-order valence-corrected chi connectivity index (χ1v) is 7.66. The molecule has 7 heteroatoms. The Morgan fingerprint density at radius 3 is 2.27 bits per heavy atom. The van der Waals surface area contributed by atoms with Crippen LogP contribution in [0.25, 0.3) is 6.08 Å². The van der Waals surface area contributed by atoms with Gasteiger partial charge in [-0.2, -0.15) is 0 Å². The highest BCUT2D eigenvalue weighted by atomic mass is 16.5. The van der Waals surface area contributed by atoms with E-state index >= 15 is 0 Å². The number of nitrogens with zero attached hydrogens (tertiary/aromatic N) is 1. The van der Waals surface area contributed by atoms with Crippen LogP contribution in [0.4, 0.5) is 10.5 Å². The van der Waals surface area contributed by atoms with Crippen LogP contribution in [0.3, 0.4) is 0 Å². The number of rotatable bonds is 3. The van der Waals surface area contributed by atoms with Crippen LogP contribution in [0, 0.1) is 0 Å². The van der Waals surface area contributed by atoms with Gasteiger partial charge in [0, 0.05) is 0 Å². The Morgan fingerprint density at radius 1 is 1.00 bits per heavy atom. The average Bonchev–Trinajstić information content (AvgIpc) is 2.66. The summed E-state index contributed by atoms with van der Waals surface area (Å²) in [7, 11) is 1.25. The molecule has 0 saturated carbocycles. The Morgan fingerprint density at radius 2 is 1.65 bits per heavy atom. The lowest BCUT2D eigenvalue weighted by Crippen LogP contribution is -2.54. The smallest absolute Gasteiger partial charge is 0.337 e. The first-order valence-electron chi connectivity index (χ1n) is 7.66. The number of urea groups is 1. The Balaban J connectivity index is 1.95. The molecular weight excluding hydrogens is 336 g/mol. The third-order valence-corrected chi connectivity index (χ3v) is 3.76. The molecule has 1 saturated heterocycles. The maximum atomic E-state index is 12.7. The van der Waals surface area contributed by atoms with E-state index < -0.39 is 23.8 Å². The Hall–Kier alpha value is -3.74. The van der Waals surface area contributed by atoms with Crippen molar-refractivity contribution in [3.63, 3.8) is 0 Å². The van der Waals surface area contributed by atoms with Gasteiger partial charge in [0.25, 0.3) is 11.8 Å². The number of amides is 4. The highest BCUT2D eigenvalue weighted by molar-refractivity contribution is 6.39. The normalized spacial score (nSPS) is 15.8. The zero-order valence-electron chi connectivity index (χ0n) is 13.8. The summed E-state index contributed by atoms with van der Waals surface area (Å²) in [5.74, 6) is -2.04. The van der Waals surface area contributed by atoms with Gasteiger partial charge in [-0.3, -0.25) is 14.9 Å². The van der Waals surface area contributed by atoms with Gasteiger partial charge in [-0.15, -0.1) is 0 Å². The van der Waals surface area contributed by atoms with E-state index in [9.17, 15) is 19.2 Å². The van der Waals surface area contributed by atoms with Crippen molar-refractivity contribution in [2.45, 2.75) is 0 Å². The number of carbonyl (C=O) groups excluding carboxylic acids is 4. The highest BCUT2D eigenvalue weighted by Crippen LogP contribution is 2.22. The van der Waals surface area contributed by atoms with Crippen LogP contribution in [0.5, 0.6) is 0 Å². The van der Waals surface area contributed by atoms with Crippen LogP contribution in [-0.4, -0.2) is 30.9 Å². The fourth-order valence-electron chi connectivity index (χ4n) is 2.47. The van der Waals surface area contributed by atoms with Gasteiger partial charge in [0.1, 0.15) is 5.57 Å². The summed E-state index contributed by atoms with van der Waals surface area (Å²) in [5.41, 5.74) is 0.998. The molecule has 7 nitrogen and oxygen atoms in total. The number of carbonyl (C=O) groups is 4. The molecule has 0 bridgehead atoms. The fraction of sp³-hybridized carbons (Fsp3) is 0.0526. The molecule has 0 radical (unpaired) electrons. The largest absolute Gasteiger partial charge is 0.465 e. The summed E-state index contributed by atoms with van der Waals surface area (Å²) >= 11 is 0. The second-order valence-electron chi connectivity index (χ2n) is 5.41. The van der Waals surface area contributed by atoms with Crippen LogP contribution in [0.15, 0.2) is 60.2 Å². The van der Waals surface area contributed by atoms with Gasteiger partial charge in [-0.05, 0) is 35.9 Å². The lowest BCUT2D eigenvalue weighted by Gasteiger charge is -2.26. The molecular formula is C19H14N2O5. The van der Waals surface area contributed by atoms with Crippen LogP contribution in [-0.2, 0) is 14.3 Å². The van der Waals surface area contributed by atoms with Gasteiger partial charge in [0.15, 0.2) is 0 Å². The van der Waals surface area contributed by atoms with Crippen LogP contribution in [0.2, 0.25) is 0 Å². The molecule has 1 heterocycles. The van der Waals surface area contributed by atoms with Crippen LogP contribution < -0.4 is 10.2 Å². The Kier molecular flexibility index (Phi) is 4.62. The lowest BCUT2D eigenvalue weighted by molar-refractivity contribution is -0.122. The van der Waals surface area contributed by atoms with E-state index in [1.807, 2.05) is 6.07 Å². The second kappa shape index (κ2) is 7.02. The summed E-state index contributed by atoms with van der Waals surface area (Å²) in [6, 6.07) is 13.7. The molecule has 3 rings (SSSR count). The van der Waals surface area contributed by atoms with Gasteiger partial charge >= 0.3 is 12.0 Å². The zero-order chi connectivity index (χ0) is 18.7. The van der Waals surface area contributed by atoms with E-state index in [2.05, 4.69) is 10.1 Å². The summed E-state index contributed by atoms with van der Waals surface area (Å²) in [6.45, 7) is 0. The van der Waals surface area contributed by atoms with Crippen molar-refractivity contribution in [1.29, 1.82) is 0 Å². The van der Waals surface area contributed by atoms with E-state index in [0.717, 1.165) is 4.90 Å². The van der Waals surface area contributed by atoms with Crippen molar-refractivity contribution < 1.29 is 23.9 Å². The van der Waals surface area contributed by atoms with Crippen LogP contribution >= 0.6 is 0 Å². The molecule has 4 amide bonds. The quantitative estimate of drug-likeness (QED) is 0.520. The molecule has 1 aliphatic heterocycles. The minimum Gasteiger partial charge on any atom is -0.465 e. The summed E-state index contributed by atoms with van der Waals surface area (Å²) < 4.78 is 4.61. The molecule has 1 aliphatic rings. The van der Waals surface area contributed by atoms with Crippen molar-refractivity contribution in [2.75, 3.05) is 12.0 Å². The molecule has 0 atom stereocenters. The molecule has 1 N–H and O–H groups in total. The number of methoxy groups -OCH3 is 1. The summed E-state index contributed by atoms with van der Waals surface area (Å²) in [4.78, 5) is 49.3. The van der Waals surface area contributed by atoms with Gasteiger partial charge in [-0.25, -0.2) is 14.5 Å². The van der Waals surface area contributed by atoms with Crippen molar-refractivity contribution in [3.05, 3.63) is 71.3 Å². The first-order chi connectivity index (χ1) is 12.5. The first kappa shape index (κ1) is 17.1. The van der Waals surface area contributed by atoms with Gasteiger partial charge < -0.3 is 4.74 Å². The molecule has 0 aromatic heterocycles. The number of nitrogens with one attached hydrogen (secondary N) is 1. The Labute approximate surface area is 148 Å². The van der Waals surface area contributed by atoms with E-state index in [1.54, 1.807) is 24.3 Å². The number of ether oxygens (including phenoxy) is 1. The predicted octanol–water partition coefficient (Wildman–Crippen LogP) is 2.14. The standard InChI is InChI=1S/C19H14N2O5/c1-26-18(24)13-7-9-14(10-8-13)21-17(23)15(16(22)20-19(21)25)11-12-5-3-2-4-6-12/h2-11H,1H3,(H,20,22,25)/b15-11+. The molecule has 2 aromatic rings. The summed E-state index contributed by atoms with van der Waals surface area (Å²) in [5, 5.41) is 2.14. The third-order valence-electron chi connectivity index (χ3n) is 3.76. The number of hydrogen-bond acceptors (Lipinski definition) is 5. The molecule has 2 aromatic carbocycles. The zero-order valence-corrected chi connectivity index (χ0v) is 13.8. The molecule has 130 valence electrons. The minimum absolute atomic E-state index is 0.159. The minimum atomic E-state index is -0.851. The molecule has 1 fully saturated rings. The second-order valence-corrected chi connectivity index (χ2v) is 5.41. The Bertz CT molecular complexity index is 917. The van der Waals surface area contributed by atoms with Gasteiger partial charge in [0.05, 0.1) is 18.4 Å². The van der Waals surface area contributed by atoms with Crippen molar-refractivity contribution in [2.24, 2.45) is 0 Å².